The fourth-order valence-electron chi connectivity index (χ4n) is 4.25. The minimum absolute atomic E-state index is 0.867. The summed E-state index contributed by atoms with van der Waals surface area (Å²) in [5, 5.41) is 2.50. The van der Waals surface area contributed by atoms with Crippen LogP contribution in [-0.4, -0.2) is 18.7 Å². The van der Waals surface area contributed by atoms with Crippen LogP contribution >= 0.6 is 0 Å². The molecule has 0 saturated heterocycles. The van der Waals surface area contributed by atoms with E-state index in [0.29, 0.717) is 0 Å². The molecule has 2 aromatic carbocycles. The highest BCUT2D eigenvalue weighted by Gasteiger charge is 2.18. The lowest BCUT2D eigenvalue weighted by molar-refractivity contribution is -0.670. The SMILES string of the molecule is C[n+]1ccn(-c2cc(-n3c4ccccc4c4ccccc43)cc(-n3cc[n+](C)c3)n2)c1. The van der Waals surface area contributed by atoms with E-state index in [1.807, 2.05) is 69.8 Å². The zero-order valence-electron chi connectivity index (χ0n) is 17.4. The lowest BCUT2D eigenvalue weighted by Gasteiger charge is -2.09. The number of fused-ring (bicyclic) bond motifs is 3. The highest BCUT2D eigenvalue weighted by molar-refractivity contribution is 6.09. The molecule has 4 heterocycles. The maximum atomic E-state index is 4.96. The molecule has 0 aliphatic heterocycles. The van der Waals surface area contributed by atoms with Gasteiger partial charge in [-0.25, -0.2) is 9.13 Å². The van der Waals surface area contributed by atoms with Gasteiger partial charge in [-0.2, -0.15) is 14.1 Å². The molecule has 6 rings (SSSR count). The van der Waals surface area contributed by atoms with E-state index in [1.54, 1.807) is 0 Å². The molecule has 6 nitrogen and oxygen atoms in total. The largest absolute Gasteiger partial charge is 0.309 e. The summed E-state index contributed by atoms with van der Waals surface area (Å²) >= 11 is 0. The first-order chi connectivity index (χ1) is 15.2. The number of pyridine rings is 1. The minimum atomic E-state index is 0.867. The average molecular weight is 406 g/mol. The van der Waals surface area contributed by atoms with Crippen LogP contribution < -0.4 is 9.13 Å². The first kappa shape index (κ1) is 17.7. The Balaban J connectivity index is 1.69. The molecule has 0 spiro atoms. The topological polar surface area (TPSA) is 35.4 Å². The summed E-state index contributed by atoms with van der Waals surface area (Å²) in [7, 11) is 4.03. The Morgan fingerprint density at radius 1 is 0.677 bits per heavy atom. The first-order valence-electron chi connectivity index (χ1n) is 10.3. The molecule has 0 atom stereocenters. The van der Waals surface area contributed by atoms with Crippen molar-refractivity contribution >= 4 is 21.8 Å². The van der Waals surface area contributed by atoms with Crippen LogP contribution in [0.3, 0.4) is 0 Å². The molecule has 0 bridgehead atoms. The van der Waals surface area contributed by atoms with Gasteiger partial charge >= 0.3 is 0 Å². The van der Waals surface area contributed by atoms with Gasteiger partial charge in [0.25, 0.3) is 0 Å². The molecule has 0 aliphatic carbocycles. The van der Waals surface area contributed by atoms with E-state index in [4.69, 9.17) is 4.98 Å². The van der Waals surface area contributed by atoms with Crippen molar-refractivity contribution in [1.82, 2.24) is 18.7 Å². The van der Waals surface area contributed by atoms with Crippen LogP contribution in [-0.2, 0) is 14.1 Å². The summed E-state index contributed by atoms with van der Waals surface area (Å²) in [6, 6.07) is 21.4. The Labute approximate surface area is 179 Å². The third-order valence-corrected chi connectivity index (χ3v) is 5.69. The number of nitrogens with zero attached hydrogens (tertiary/aromatic N) is 6. The molecule has 150 valence electrons. The van der Waals surface area contributed by atoms with Crippen molar-refractivity contribution in [3.05, 3.63) is 98.1 Å². The number of rotatable bonds is 3. The van der Waals surface area contributed by atoms with Crippen LogP contribution in [0.4, 0.5) is 0 Å². The maximum absolute atomic E-state index is 4.96. The van der Waals surface area contributed by atoms with Crippen LogP contribution in [0, 0.1) is 0 Å². The third-order valence-electron chi connectivity index (χ3n) is 5.69. The summed E-state index contributed by atoms with van der Waals surface area (Å²) in [4.78, 5) is 4.96. The van der Waals surface area contributed by atoms with E-state index >= 15 is 0 Å². The summed E-state index contributed by atoms with van der Waals surface area (Å²) in [6.45, 7) is 0. The third kappa shape index (κ3) is 2.84. The number of hydrogen-bond acceptors (Lipinski definition) is 1. The van der Waals surface area contributed by atoms with E-state index in [1.165, 1.54) is 21.8 Å². The molecule has 6 aromatic rings. The molecule has 0 unspecified atom stereocenters. The molecule has 0 fully saturated rings. The van der Waals surface area contributed by atoms with Gasteiger partial charge in [-0.3, -0.25) is 0 Å². The Morgan fingerprint density at radius 3 is 1.61 bits per heavy atom. The summed E-state index contributed by atoms with van der Waals surface area (Å²) in [5.74, 6) is 1.73. The number of para-hydroxylation sites is 2. The number of benzene rings is 2. The molecule has 6 heteroatoms. The second-order valence-electron chi connectivity index (χ2n) is 7.88. The highest BCUT2D eigenvalue weighted by Crippen LogP contribution is 2.32. The van der Waals surface area contributed by atoms with Crippen molar-refractivity contribution < 1.29 is 9.13 Å². The van der Waals surface area contributed by atoms with E-state index in [2.05, 4.69) is 65.2 Å². The zero-order valence-corrected chi connectivity index (χ0v) is 17.4. The van der Waals surface area contributed by atoms with Gasteiger partial charge in [0.1, 0.15) is 24.8 Å². The Bertz CT molecular complexity index is 1450. The lowest BCUT2D eigenvalue weighted by Crippen LogP contribution is -2.24. The smallest absolute Gasteiger partial charge is 0.250 e. The average Bonchev–Trinajstić information content (AvgIpc) is 3.50. The van der Waals surface area contributed by atoms with Crippen molar-refractivity contribution in [2.75, 3.05) is 0 Å². The predicted molar refractivity (Wildman–Crippen MR) is 120 cm³/mol. The molecular formula is C25H22N6+2. The zero-order chi connectivity index (χ0) is 20.9. The van der Waals surface area contributed by atoms with Gasteiger partial charge in [0.2, 0.25) is 24.3 Å². The Hall–Kier alpha value is -4.19. The van der Waals surface area contributed by atoms with Gasteiger partial charge in [0.05, 0.1) is 30.8 Å². The fourth-order valence-corrected chi connectivity index (χ4v) is 4.25. The molecule has 4 aromatic heterocycles. The van der Waals surface area contributed by atoms with Gasteiger partial charge in [0, 0.05) is 22.9 Å². The monoisotopic (exact) mass is 406 g/mol. The molecule has 0 amide bonds. The number of aryl methyl sites for hydroxylation is 2. The lowest BCUT2D eigenvalue weighted by atomic mass is 10.2. The summed E-state index contributed by atoms with van der Waals surface area (Å²) in [6.07, 6.45) is 12.1. The van der Waals surface area contributed by atoms with Crippen LogP contribution in [0.1, 0.15) is 0 Å². The molecule has 0 saturated carbocycles. The van der Waals surface area contributed by atoms with Crippen molar-refractivity contribution in [3.63, 3.8) is 0 Å². The van der Waals surface area contributed by atoms with E-state index in [0.717, 1.165) is 17.3 Å². The Morgan fingerprint density at radius 2 is 1.16 bits per heavy atom. The van der Waals surface area contributed by atoms with Crippen molar-refractivity contribution in [3.8, 4) is 17.3 Å². The number of hydrogen-bond donors (Lipinski definition) is 0. The van der Waals surface area contributed by atoms with Crippen LogP contribution in [0.25, 0.3) is 39.1 Å². The molecule has 0 N–H and O–H groups in total. The second-order valence-corrected chi connectivity index (χ2v) is 7.88. The molecular weight excluding hydrogens is 384 g/mol. The van der Waals surface area contributed by atoms with Crippen LogP contribution in [0.15, 0.2) is 98.1 Å². The van der Waals surface area contributed by atoms with Crippen molar-refractivity contribution in [2.24, 2.45) is 14.1 Å². The predicted octanol–water partition coefficient (Wildman–Crippen LogP) is 3.41. The second kappa shape index (κ2) is 6.67. The van der Waals surface area contributed by atoms with E-state index in [-0.39, 0.29) is 0 Å². The molecule has 0 aliphatic rings. The number of imidazole rings is 2. The first-order valence-corrected chi connectivity index (χ1v) is 10.3. The maximum Gasteiger partial charge on any atom is 0.250 e. The van der Waals surface area contributed by atoms with E-state index in [9.17, 15) is 0 Å². The fraction of sp³-hybridized carbons (Fsp3) is 0.0800. The van der Waals surface area contributed by atoms with Crippen molar-refractivity contribution in [2.45, 2.75) is 0 Å². The Kier molecular flexibility index (Phi) is 3.80. The normalized spacial score (nSPS) is 11.5. The molecule has 0 radical (unpaired) electrons. The standard InChI is InChI=1S/C25H22N6/c1-27-11-13-29(17-27)24-15-19(16-25(26-24)30-14-12-28(2)18-30)31-22-9-5-3-7-20(22)21-8-4-6-10-23(21)31/h3-18H,1-2H3/q+2. The summed E-state index contributed by atoms with van der Waals surface area (Å²) in [5.41, 5.74) is 3.44. The van der Waals surface area contributed by atoms with Crippen molar-refractivity contribution in [1.29, 1.82) is 0 Å². The van der Waals surface area contributed by atoms with E-state index < -0.39 is 0 Å². The van der Waals surface area contributed by atoms with Gasteiger partial charge in [0.15, 0.2) is 0 Å². The van der Waals surface area contributed by atoms with Crippen LogP contribution in [0.5, 0.6) is 0 Å². The summed E-state index contributed by atoms with van der Waals surface area (Å²) < 4.78 is 10.5. The quantitative estimate of drug-likeness (QED) is 0.415. The van der Waals surface area contributed by atoms with Gasteiger partial charge in [-0.05, 0) is 12.1 Å². The molecule has 31 heavy (non-hydrogen) atoms. The van der Waals surface area contributed by atoms with Crippen LogP contribution in [0.2, 0.25) is 0 Å². The van der Waals surface area contributed by atoms with Gasteiger partial charge in [-0.1, -0.05) is 36.4 Å². The van der Waals surface area contributed by atoms with Gasteiger partial charge < -0.3 is 4.57 Å². The minimum Gasteiger partial charge on any atom is -0.309 e. The highest BCUT2D eigenvalue weighted by atomic mass is 15.2. The van der Waals surface area contributed by atoms with Gasteiger partial charge in [-0.15, -0.1) is 0 Å². The number of aromatic nitrogens is 6.